The Labute approximate surface area is 148 Å². The van der Waals surface area contributed by atoms with Gasteiger partial charge in [-0.05, 0) is 47.4 Å². The second-order valence-electron chi connectivity index (χ2n) is 6.31. The highest BCUT2D eigenvalue weighted by Crippen LogP contribution is 2.32. The lowest BCUT2D eigenvalue weighted by Crippen LogP contribution is -1.95. The molecule has 1 aromatic heterocycles. The van der Waals surface area contributed by atoms with Crippen molar-refractivity contribution in [2.45, 2.75) is 6.92 Å². The molecule has 3 aromatic carbocycles. The smallest absolute Gasteiger partial charge is 0.139 e. The van der Waals surface area contributed by atoms with Crippen LogP contribution >= 0.6 is 0 Å². The molecule has 25 heavy (non-hydrogen) atoms. The highest BCUT2D eigenvalue weighted by atomic mass is 15.1. The highest BCUT2D eigenvalue weighted by Gasteiger charge is 2.11. The van der Waals surface area contributed by atoms with Crippen molar-refractivity contribution >= 4 is 0 Å². The van der Waals surface area contributed by atoms with Crippen molar-refractivity contribution in [1.82, 2.24) is 9.55 Å². The molecule has 1 heterocycles. The summed E-state index contributed by atoms with van der Waals surface area (Å²) in [5, 5.41) is 0. The molecule has 0 aliphatic carbocycles. The van der Waals surface area contributed by atoms with E-state index in [0.717, 1.165) is 17.1 Å². The minimum atomic E-state index is 0.993. The van der Waals surface area contributed by atoms with Gasteiger partial charge < -0.3 is 4.57 Å². The van der Waals surface area contributed by atoms with Gasteiger partial charge in [-0.2, -0.15) is 0 Å². The minimum absolute atomic E-state index is 0.993. The van der Waals surface area contributed by atoms with Gasteiger partial charge in [-0.15, -0.1) is 0 Å². The zero-order valence-electron chi connectivity index (χ0n) is 14.5. The maximum atomic E-state index is 4.62. The van der Waals surface area contributed by atoms with Crippen LogP contribution in [-0.2, 0) is 7.05 Å². The molecule has 2 heteroatoms. The lowest BCUT2D eigenvalue weighted by Gasteiger charge is -2.11. The van der Waals surface area contributed by atoms with Crippen molar-refractivity contribution in [2.75, 3.05) is 0 Å². The number of aryl methyl sites for hydroxylation is 1. The van der Waals surface area contributed by atoms with Crippen molar-refractivity contribution in [3.8, 4) is 33.6 Å². The zero-order chi connectivity index (χ0) is 17.2. The summed E-state index contributed by atoms with van der Waals surface area (Å²) in [5.41, 5.74) is 7.13. The standard InChI is InChI=1S/C23H20N2/c1-17-16-24-23(25(17)2)22-14-20(18-9-5-3-6-10-18)13-21(15-22)19-11-7-4-8-12-19/h3-16H,1-2H3. The first-order chi connectivity index (χ1) is 12.2. The Bertz CT molecular complexity index is 941. The molecule has 0 bridgehead atoms. The first-order valence-electron chi connectivity index (χ1n) is 8.47. The predicted molar refractivity (Wildman–Crippen MR) is 104 cm³/mol. The van der Waals surface area contributed by atoms with Crippen LogP contribution in [0.4, 0.5) is 0 Å². The molecule has 122 valence electrons. The largest absolute Gasteiger partial charge is 0.331 e. The van der Waals surface area contributed by atoms with Crippen LogP contribution in [0.3, 0.4) is 0 Å². The maximum Gasteiger partial charge on any atom is 0.139 e. The van der Waals surface area contributed by atoms with Crippen molar-refractivity contribution in [1.29, 1.82) is 0 Å². The van der Waals surface area contributed by atoms with Crippen molar-refractivity contribution < 1.29 is 0 Å². The van der Waals surface area contributed by atoms with Gasteiger partial charge in [-0.3, -0.25) is 0 Å². The number of nitrogens with zero attached hydrogens (tertiary/aromatic N) is 2. The number of imidazole rings is 1. The molecule has 0 N–H and O–H groups in total. The molecule has 0 fully saturated rings. The van der Waals surface area contributed by atoms with Crippen LogP contribution in [0.1, 0.15) is 5.69 Å². The van der Waals surface area contributed by atoms with E-state index < -0.39 is 0 Å². The molecule has 0 aliphatic rings. The van der Waals surface area contributed by atoms with E-state index in [9.17, 15) is 0 Å². The van der Waals surface area contributed by atoms with E-state index in [-0.39, 0.29) is 0 Å². The molecule has 0 spiro atoms. The highest BCUT2D eigenvalue weighted by molar-refractivity contribution is 5.79. The normalized spacial score (nSPS) is 10.8. The van der Waals surface area contributed by atoms with E-state index in [1.165, 1.54) is 22.3 Å². The van der Waals surface area contributed by atoms with Gasteiger partial charge in [-0.1, -0.05) is 60.7 Å². The summed E-state index contributed by atoms with van der Waals surface area (Å²) in [6.45, 7) is 2.08. The maximum absolute atomic E-state index is 4.62. The SMILES string of the molecule is Cc1cnc(-c2cc(-c3ccccc3)cc(-c3ccccc3)c2)n1C. The minimum Gasteiger partial charge on any atom is -0.331 e. The molecule has 4 rings (SSSR count). The molecule has 4 aromatic rings. The first kappa shape index (κ1) is 15.4. The van der Waals surface area contributed by atoms with Crippen LogP contribution in [0.2, 0.25) is 0 Å². The summed E-state index contributed by atoms with van der Waals surface area (Å²) in [6.07, 6.45) is 1.92. The van der Waals surface area contributed by atoms with Crippen molar-refractivity contribution in [2.24, 2.45) is 7.05 Å². The van der Waals surface area contributed by atoms with Crippen LogP contribution in [0.25, 0.3) is 33.6 Å². The molecular weight excluding hydrogens is 304 g/mol. The Hall–Kier alpha value is -3.13. The van der Waals surface area contributed by atoms with Crippen LogP contribution in [0.5, 0.6) is 0 Å². The predicted octanol–water partition coefficient (Wildman–Crippen LogP) is 5.73. The van der Waals surface area contributed by atoms with Gasteiger partial charge in [0, 0.05) is 24.5 Å². The Morgan fingerprint density at radius 1 is 0.640 bits per heavy atom. The van der Waals surface area contributed by atoms with Gasteiger partial charge in [0.1, 0.15) is 5.82 Å². The number of hydrogen-bond donors (Lipinski definition) is 0. The Morgan fingerprint density at radius 2 is 1.12 bits per heavy atom. The molecule has 0 saturated carbocycles. The monoisotopic (exact) mass is 324 g/mol. The van der Waals surface area contributed by atoms with E-state index in [1.54, 1.807) is 0 Å². The van der Waals surface area contributed by atoms with Crippen molar-refractivity contribution in [3.05, 3.63) is 90.8 Å². The summed E-state index contributed by atoms with van der Waals surface area (Å²) in [5.74, 6) is 0.993. The molecule has 0 unspecified atom stereocenters. The van der Waals surface area contributed by atoms with Crippen LogP contribution in [0.15, 0.2) is 85.1 Å². The Morgan fingerprint density at radius 3 is 1.56 bits per heavy atom. The second-order valence-corrected chi connectivity index (χ2v) is 6.31. The van der Waals surface area contributed by atoms with Gasteiger partial charge in [-0.25, -0.2) is 4.98 Å². The third-order valence-electron chi connectivity index (χ3n) is 4.63. The molecule has 0 radical (unpaired) electrons. The lowest BCUT2D eigenvalue weighted by molar-refractivity contribution is 0.884. The van der Waals surface area contributed by atoms with Gasteiger partial charge >= 0.3 is 0 Å². The van der Waals surface area contributed by atoms with E-state index in [2.05, 4.69) is 90.3 Å². The fourth-order valence-electron chi connectivity index (χ4n) is 3.11. The van der Waals surface area contributed by atoms with Gasteiger partial charge in [0.25, 0.3) is 0 Å². The molecule has 0 saturated heterocycles. The van der Waals surface area contributed by atoms with Gasteiger partial charge in [0.15, 0.2) is 0 Å². The number of rotatable bonds is 3. The molecule has 0 aliphatic heterocycles. The third-order valence-corrected chi connectivity index (χ3v) is 4.63. The summed E-state index contributed by atoms with van der Waals surface area (Å²) in [7, 11) is 2.06. The van der Waals surface area contributed by atoms with Crippen LogP contribution < -0.4 is 0 Å². The third kappa shape index (κ3) is 2.99. The van der Waals surface area contributed by atoms with E-state index >= 15 is 0 Å². The first-order valence-corrected chi connectivity index (χ1v) is 8.47. The van der Waals surface area contributed by atoms with Gasteiger partial charge in [0.05, 0.1) is 0 Å². The number of aromatic nitrogens is 2. The average Bonchev–Trinajstić information content (AvgIpc) is 3.02. The molecule has 0 amide bonds. The second kappa shape index (κ2) is 6.40. The lowest BCUT2D eigenvalue weighted by atomic mass is 9.96. The summed E-state index contributed by atoms with van der Waals surface area (Å²) < 4.78 is 2.14. The van der Waals surface area contributed by atoms with E-state index in [1.807, 2.05) is 18.3 Å². The zero-order valence-corrected chi connectivity index (χ0v) is 14.5. The average molecular weight is 324 g/mol. The summed E-state index contributed by atoms with van der Waals surface area (Å²) in [6, 6.07) is 27.7. The summed E-state index contributed by atoms with van der Waals surface area (Å²) >= 11 is 0. The van der Waals surface area contributed by atoms with Crippen LogP contribution in [0, 0.1) is 6.92 Å². The van der Waals surface area contributed by atoms with E-state index in [0.29, 0.717) is 0 Å². The van der Waals surface area contributed by atoms with Crippen LogP contribution in [-0.4, -0.2) is 9.55 Å². The molecule has 0 atom stereocenters. The topological polar surface area (TPSA) is 17.8 Å². The van der Waals surface area contributed by atoms with Crippen molar-refractivity contribution in [3.63, 3.8) is 0 Å². The number of benzene rings is 3. The number of hydrogen-bond acceptors (Lipinski definition) is 1. The van der Waals surface area contributed by atoms with E-state index in [4.69, 9.17) is 0 Å². The fraction of sp³-hybridized carbons (Fsp3) is 0.0870. The fourth-order valence-corrected chi connectivity index (χ4v) is 3.11. The quantitative estimate of drug-likeness (QED) is 0.470. The Kier molecular flexibility index (Phi) is 3.95. The molecular formula is C23H20N2. The Balaban J connectivity index is 1.94. The summed E-state index contributed by atoms with van der Waals surface area (Å²) in [4.78, 5) is 4.62. The molecule has 2 nitrogen and oxygen atoms in total. The van der Waals surface area contributed by atoms with Gasteiger partial charge in [0.2, 0.25) is 0 Å².